The quantitative estimate of drug-likeness (QED) is 0.787. The van der Waals surface area contributed by atoms with Crippen LogP contribution in [0.3, 0.4) is 0 Å². The van der Waals surface area contributed by atoms with Crippen LogP contribution in [-0.4, -0.2) is 18.1 Å². The largest absolute Gasteiger partial charge is 0.372 e. The Morgan fingerprint density at radius 2 is 1.84 bits per heavy atom. The standard InChI is InChI=1S/C14H21Cl2N3/c1-9-4-3-5-10(7-6-9)18-14-12(16)8-11(15)13(17-2)19-14/h8-10H,3-7H2,1-2H3,(H2,17,18,19). The zero-order valence-electron chi connectivity index (χ0n) is 11.5. The van der Waals surface area contributed by atoms with E-state index in [4.69, 9.17) is 23.2 Å². The smallest absolute Gasteiger partial charge is 0.147 e. The third kappa shape index (κ3) is 3.90. The second-order valence-corrected chi connectivity index (χ2v) is 6.17. The highest BCUT2D eigenvalue weighted by Crippen LogP contribution is 2.31. The molecule has 3 nitrogen and oxygen atoms in total. The van der Waals surface area contributed by atoms with E-state index in [0.717, 1.165) is 11.7 Å². The van der Waals surface area contributed by atoms with Gasteiger partial charge in [0.05, 0.1) is 10.0 Å². The summed E-state index contributed by atoms with van der Waals surface area (Å²) in [5.41, 5.74) is 0. The van der Waals surface area contributed by atoms with Crippen LogP contribution < -0.4 is 10.6 Å². The molecule has 1 saturated carbocycles. The van der Waals surface area contributed by atoms with Crippen molar-refractivity contribution >= 4 is 34.8 Å². The predicted octanol–water partition coefficient (Wildman–Crippen LogP) is 4.81. The highest BCUT2D eigenvalue weighted by molar-refractivity contribution is 6.37. The van der Waals surface area contributed by atoms with Gasteiger partial charge in [0, 0.05) is 13.1 Å². The predicted molar refractivity (Wildman–Crippen MR) is 83.5 cm³/mol. The van der Waals surface area contributed by atoms with E-state index in [2.05, 4.69) is 22.5 Å². The molecule has 19 heavy (non-hydrogen) atoms. The van der Waals surface area contributed by atoms with Gasteiger partial charge in [-0.25, -0.2) is 4.98 Å². The fourth-order valence-corrected chi connectivity index (χ4v) is 3.08. The van der Waals surface area contributed by atoms with Gasteiger partial charge in [-0.2, -0.15) is 0 Å². The first-order chi connectivity index (χ1) is 9.10. The number of hydrogen-bond donors (Lipinski definition) is 2. The molecule has 1 fully saturated rings. The number of nitrogens with one attached hydrogen (secondary N) is 2. The fraction of sp³-hybridized carbons (Fsp3) is 0.643. The average molecular weight is 302 g/mol. The van der Waals surface area contributed by atoms with E-state index in [1.54, 1.807) is 13.1 Å². The molecule has 5 heteroatoms. The second kappa shape index (κ2) is 6.67. The van der Waals surface area contributed by atoms with Gasteiger partial charge >= 0.3 is 0 Å². The van der Waals surface area contributed by atoms with Crippen LogP contribution >= 0.6 is 23.2 Å². The lowest BCUT2D eigenvalue weighted by atomic mass is 10.0. The maximum Gasteiger partial charge on any atom is 0.147 e. The van der Waals surface area contributed by atoms with Crippen LogP contribution in [0.2, 0.25) is 10.0 Å². The Balaban J connectivity index is 2.09. The van der Waals surface area contributed by atoms with Gasteiger partial charge in [0.1, 0.15) is 11.6 Å². The molecule has 2 rings (SSSR count). The number of aromatic nitrogens is 1. The van der Waals surface area contributed by atoms with Gasteiger partial charge < -0.3 is 10.6 Å². The average Bonchev–Trinajstić information content (AvgIpc) is 2.58. The first-order valence-corrected chi connectivity index (χ1v) is 7.66. The van der Waals surface area contributed by atoms with Crippen molar-refractivity contribution in [3.8, 4) is 0 Å². The summed E-state index contributed by atoms with van der Waals surface area (Å²) in [6.07, 6.45) is 6.21. The van der Waals surface area contributed by atoms with Gasteiger partial charge in [-0.05, 0) is 31.2 Å². The molecule has 0 amide bonds. The topological polar surface area (TPSA) is 37.0 Å². The summed E-state index contributed by atoms with van der Waals surface area (Å²) in [4.78, 5) is 4.45. The molecule has 1 aromatic rings. The molecule has 0 aromatic carbocycles. The van der Waals surface area contributed by atoms with Crippen LogP contribution in [0, 0.1) is 5.92 Å². The van der Waals surface area contributed by atoms with E-state index in [-0.39, 0.29) is 0 Å². The number of halogens is 2. The number of nitrogens with zero attached hydrogens (tertiary/aromatic N) is 1. The van der Waals surface area contributed by atoms with Gasteiger partial charge in [0.25, 0.3) is 0 Å². The maximum absolute atomic E-state index is 6.21. The Morgan fingerprint density at radius 1 is 1.11 bits per heavy atom. The first kappa shape index (κ1) is 14.7. The Kier molecular flexibility index (Phi) is 5.17. The summed E-state index contributed by atoms with van der Waals surface area (Å²) in [5, 5.41) is 7.58. The van der Waals surface area contributed by atoms with Crippen LogP contribution in [0.4, 0.5) is 11.6 Å². The lowest BCUT2D eigenvalue weighted by Gasteiger charge is -2.19. The normalized spacial score (nSPS) is 23.8. The molecular formula is C14H21Cl2N3. The molecule has 2 atom stereocenters. The Morgan fingerprint density at radius 3 is 2.58 bits per heavy atom. The zero-order valence-corrected chi connectivity index (χ0v) is 13.0. The molecule has 106 valence electrons. The monoisotopic (exact) mass is 301 g/mol. The first-order valence-electron chi connectivity index (χ1n) is 6.90. The molecule has 2 N–H and O–H groups in total. The van der Waals surface area contributed by atoms with Crippen LogP contribution in [0.1, 0.15) is 39.0 Å². The molecule has 1 aliphatic rings. The number of hydrogen-bond acceptors (Lipinski definition) is 3. The number of rotatable bonds is 3. The summed E-state index contributed by atoms with van der Waals surface area (Å²) in [6, 6.07) is 2.20. The lowest BCUT2D eigenvalue weighted by molar-refractivity contribution is 0.502. The van der Waals surface area contributed by atoms with Crippen LogP contribution in [0.25, 0.3) is 0 Å². The molecule has 0 aliphatic heterocycles. The Bertz CT molecular complexity index is 437. The lowest BCUT2D eigenvalue weighted by Crippen LogP contribution is -2.19. The molecule has 1 heterocycles. The van der Waals surface area contributed by atoms with Crippen molar-refractivity contribution in [2.24, 2.45) is 5.92 Å². The summed E-state index contributed by atoms with van der Waals surface area (Å²) < 4.78 is 0. The zero-order chi connectivity index (χ0) is 13.8. The highest BCUT2D eigenvalue weighted by atomic mass is 35.5. The molecule has 1 aliphatic carbocycles. The van der Waals surface area contributed by atoms with E-state index < -0.39 is 0 Å². The van der Waals surface area contributed by atoms with Crippen LogP contribution in [0.15, 0.2) is 6.07 Å². The van der Waals surface area contributed by atoms with Gasteiger partial charge in [-0.1, -0.05) is 43.0 Å². The second-order valence-electron chi connectivity index (χ2n) is 5.35. The molecule has 2 unspecified atom stereocenters. The summed E-state index contributed by atoms with van der Waals surface area (Å²) in [7, 11) is 1.80. The minimum absolute atomic E-state index is 0.459. The molecular weight excluding hydrogens is 281 g/mol. The summed E-state index contributed by atoms with van der Waals surface area (Å²) in [5.74, 6) is 2.22. The van der Waals surface area contributed by atoms with E-state index in [1.165, 1.54) is 32.1 Å². The van der Waals surface area contributed by atoms with E-state index in [1.807, 2.05) is 0 Å². The van der Waals surface area contributed by atoms with Gasteiger partial charge in [0.15, 0.2) is 0 Å². The molecule has 0 bridgehead atoms. The molecule has 0 radical (unpaired) electrons. The fourth-order valence-electron chi connectivity index (χ4n) is 2.57. The number of pyridine rings is 1. The maximum atomic E-state index is 6.21. The van der Waals surface area contributed by atoms with Crippen molar-refractivity contribution in [1.29, 1.82) is 0 Å². The Labute approximate surface area is 125 Å². The number of anilines is 2. The van der Waals surface area contributed by atoms with Crippen molar-refractivity contribution in [1.82, 2.24) is 4.98 Å². The third-order valence-electron chi connectivity index (χ3n) is 3.76. The van der Waals surface area contributed by atoms with E-state index in [0.29, 0.717) is 21.9 Å². The minimum atomic E-state index is 0.459. The summed E-state index contributed by atoms with van der Waals surface area (Å²) >= 11 is 12.3. The molecule has 1 aromatic heterocycles. The van der Waals surface area contributed by atoms with Crippen molar-refractivity contribution < 1.29 is 0 Å². The van der Waals surface area contributed by atoms with Crippen LogP contribution in [0.5, 0.6) is 0 Å². The van der Waals surface area contributed by atoms with E-state index in [9.17, 15) is 0 Å². The Hall–Kier alpha value is -0.670. The van der Waals surface area contributed by atoms with Crippen molar-refractivity contribution in [3.63, 3.8) is 0 Å². The van der Waals surface area contributed by atoms with Crippen molar-refractivity contribution in [2.75, 3.05) is 17.7 Å². The summed E-state index contributed by atoms with van der Waals surface area (Å²) in [6.45, 7) is 2.33. The molecule has 0 spiro atoms. The van der Waals surface area contributed by atoms with Crippen molar-refractivity contribution in [3.05, 3.63) is 16.1 Å². The van der Waals surface area contributed by atoms with Gasteiger partial charge in [-0.3, -0.25) is 0 Å². The third-order valence-corrected chi connectivity index (χ3v) is 4.34. The highest BCUT2D eigenvalue weighted by Gasteiger charge is 2.18. The minimum Gasteiger partial charge on any atom is -0.372 e. The van der Waals surface area contributed by atoms with Gasteiger partial charge in [-0.15, -0.1) is 0 Å². The SMILES string of the molecule is CNc1nc(NC2CCCC(C)CC2)c(Cl)cc1Cl. The van der Waals surface area contributed by atoms with Crippen LogP contribution in [-0.2, 0) is 0 Å². The molecule has 0 saturated heterocycles. The van der Waals surface area contributed by atoms with Crippen molar-refractivity contribution in [2.45, 2.75) is 45.1 Å². The van der Waals surface area contributed by atoms with Gasteiger partial charge in [0.2, 0.25) is 0 Å². The van der Waals surface area contributed by atoms with E-state index >= 15 is 0 Å².